The lowest BCUT2D eigenvalue weighted by molar-refractivity contribution is -0.116. The fourth-order valence-electron chi connectivity index (χ4n) is 3.04. The SMILES string of the molecule is COc1ccc(NC(=O)CCc2ccc(C#N)cc2)cc1Cc1ccccc1. The molecule has 0 aliphatic rings. The maximum absolute atomic E-state index is 12.3. The minimum absolute atomic E-state index is 0.0415. The van der Waals surface area contributed by atoms with Gasteiger partial charge in [0.25, 0.3) is 0 Å². The van der Waals surface area contributed by atoms with Crippen molar-refractivity contribution in [2.45, 2.75) is 19.3 Å². The van der Waals surface area contributed by atoms with Gasteiger partial charge in [-0.25, -0.2) is 0 Å². The third-order valence-corrected chi connectivity index (χ3v) is 4.53. The smallest absolute Gasteiger partial charge is 0.224 e. The molecule has 4 heteroatoms. The Bertz CT molecular complexity index is 974. The summed E-state index contributed by atoms with van der Waals surface area (Å²) in [7, 11) is 1.65. The molecule has 0 aliphatic heterocycles. The summed E-state index contributed by atoms with van der Waals surface area (Å²) in [6.45, 7) is 0. The minimum atomic E-state index is -0.0415. The third kappa shape index (κ3) is 5.21. The highest BCUT2D eigenvalue weighted by molar-refractivity contribution is 5.91. The van der Waals surface area contributed by atoms with Crippen molar-refractivity contribution >= 4 is 11.6 Å². The molecule has 0 atom stereocenters. The van der Waals surface area contributed by atoms with Gasteiger partial charge in [-0.1, -0.05) is 42.5 Å². The van der Waals surface area contributed by atoms with Gasteiger partial charge in [-0.05, 0) is 47.9 Å². The molecule has 0 heterocycles. The molecule has 3 aromatic carbocycles. The molecule has 3 rings (SSSR count). The highest BCUT2D eigenvalue weighted by Crippen LogP contribution is 2.25. The Morgan fingerprint density at radius 2 is 1.75 bits per heavy atom. The number of carbonyl (C=O) groups excluding carboxylic acids is 1. The number of anilines is 1. The number of amides is 1. The van der Waals surface area contributed by atoms with E-state index in [-0.39, 0.29) is 5.91 Å². The number of nitriles is 1. The predicted octanol–water partition coefficient (Wildman–Crippen LogP) is 4.73. The van der Waals surface area contributed by atoms with Gasteiger partial charge in [-0.3, -0.25) is 4.79 Å². The van der Waals surface area contributed by atoms with Gasteiger partial charge in [0, 0.05) is 24.1 Å². The van der Waals surface area contributed by atoms with Crippen molar-refractivity contribution in [2.75, 3.05) is 12.4 Å². The molecular formula is C24H22N2O2. The Labute approximate surface area is 165 Å². The first-order valence-electron chi connectivity index (χ1n) is 9.17. The lowest BCUT2D eigenvalue weighted by atomic mass is 10.0. The molecular weight excluding hydrogens is 348 g/mol. The number of methoxy groups -OCH3 is 1. The van der Waals surface area contributed by atoms with E-state index in [1.165, 1.54) is 5.56 Å². The van der Waals surface area contributed by atoms with Gasteiger partial charge in [0.05, 0.1) is 18.7 Å². The first kappa shape index (κ1) is 19.2. The molecule has 0 saturated carbocycles. The molecule has 1 amide bonds. The number of benzene rings is 3. The number of nitrogens with one attached hydrogen (secondary N) is 1. The van der Waals surface area contributed by atoms with Crippen LogP contribution in [0.15, 0.2) is 72.8 Å². The Hall–Kier alpha value is -3.58. The Kier molecular flexibility index (Phi) is 6.43. The van der Waals surface area contributed by atoms with Gasteiger partial charge >= 0.3 is 0 Å². The second-order valence-electron chi connectivity index (χ2n) is 6.55. The van der Waals surface area contributed by atoms with E-state index in [9.17, 15) is 4.79 Å². The number of nitrogens with zero attached hydrogens (tertiary/aromatic N) is 1. The second kappa shape index (κ2) is 9.38. The zero-order chi connectivity index (χ0) is 19.8. The fraction of sp³-hybridized carbons (Fsp3) is 0.167. The largest absolute Gasteiger partial charge is 0.496 e. The lowest BCUT2D eigenvalue weighted by Gasteiger charge is -2.12. The van der Waals surface area contributed by atoms with E-state index in [1.807, 2.05) is 48.5 Å². The standard InChI is InChI=1S/C24H22N2O2/c1-28-23-13-12-22(16-21(23)15-19-5-3-2-4-6-19)26-24(27)14-11-18-7-9-20(17-25)10-8-18/h2-10,12-13,16H,11,14-15H2,1H3,(H,26,27). The van der Waals surface area contributed by atoms with Crippen molar-refractivity contribution in [1.82, 2.24) is 0 Å². The molecule has 4 nitrogen and oxygen atoms in total. The zero-order valence-electron chi connectivity index (χ0n) is 15.8. The summed E-state index contributed by atoms with van der Waals surface area (Å²) in [4.78, 5) is 12.3. The quantitative estimate of drug-likeness (QED) is 0.654. The fourth-order valence-corrected chi connectivity index (χ4v) is 3.04. The van der Waals surface area contributed by atoms with Crippen molar-refractivity contribution in [3.05, 3.63) is 95.1 Å². The van der Waals surface area contributed by atoms with E-state index in [0.717, 1.165) is 29.0 Å². The molecule has 0 radical (unpaired) electrons. The van der Waals surface area contributed by atoms with Crippen LogP contribution in [0.25, 0.3) is 0 Å². The van der Waals surface area contributed by atoms with E-state index in [4.69, 9.17) is 10.00 Å². The van der Waals surface area contributed by atoms with Crippen LogP contribution in [0.2, 0.25) is 0 Å². The van der Waals surface area contributed by atoms with Crippen LogP contribution in [0, 0.1) is 11.3 Å². The molecule has 0 spiro atoms. The van der Waals surface area contributed by atoms with Crippen molar-refractivity contribution in [3.8, 4) is 11.8 Å². The van der Waals surface area contributed by atoms with Gasteiger partial charge in [0.1, 0.15) is 5.75 Å². The summed E-state index contributed by atoms with van der Waals surface area (Å²) in [5, 5.41) is 11.8. The Morgan fingerprint density at radius 1 is 1.00 bits per heavy atom. The molecule has 0 saturated heterocycles. The monoisotopic (exact) mass is 370 g/mol. The molecule has 0 aromatic heterocycles. The summed E-state index contributed by atoms with van der Waals surface area (Å²) in [5.74, 6) is 0.764. The number of hydrogen-bond acceptors (Lipinski definition) is 3. The topological polar surface area (TPSA) is 62.1 Å². The summed E-state index contributed by atoms with van der Waals surface area (Å²) in [6.07, 6.45) is 1.75. The zero-order valence-corrected chi connectivity index (χ0v) is 15.8. The van der Waals surface area contributed by atoms with Crippen molar-refractivity contribution in [3.63, 3.8) is 0 Å². The number of rotatable bonds is 7. The van der Waals surface area contributed by atoms with Gasteiger partial charge < -0.3 is 10.1 Å². The molecule has 0 unspecified atom stereocenters. The molecule has 28 heavy (non-hydrogen) atoms. The molecule has 140 valence electrons. The van der Waals surface area contributed by atoms with Crippen LogP contribution < -0.4 is 10.1 Å². The van der Waals surface area contributed by atoms with Crippen LogP contribution in [0.5, 0.6) is 5.75 Å². The van der Waals surface area contributed by atoms with Gasteiger partial charge in [0.15, 0.2) is 0 Å². The molecule has 1 N–H and O–H groups in total. The van der Waals surface area contributed by atoms with Crippen molar-refractivity contribution in [2.24, 2.45) is 0 Å². The van der Waals surface area contributed by atoms with Crippen molar-refractivity contribution < 1.29 is 9.53 Å². The first-order chi connectivity index (χ1) is 13.7. The van der Waals surface area contributed by atoms with E-state index in [0.29, 0.717) is 18.4 Å². The van der Waals surface area contributed by atoms with Crippen LogP contribution in [-0.2, 0) is 17.6 Å². The molecule has 3 aromatic rings. The van der Waals surface area contributed by atoms with E-state index in [2.05, 4.69) is 23.5 Å². The van der Waals surface area contributed by atoms with Crippen LogP contribution in [0.3, 0.4) is 0 Å². The average Bonchev–Trinajstić information content (AvgIpc) is 2.73. The lowest BCUT2D eigenvalue weighted by Crippen LogP contribution is -2.12. The molecule has 0 bridgehead atoms. The Balaban J connectivity index is 1.63. The number of ether oxygens (including phenoxy) is 1. The average molecular weight is 370 g/mol. The summed E-state index contributed by atoms with van der Waals surface area (Å²) in [6, 6.07) is 25.3. The third-order valence-electron chi connectivity index (χ3n) is 4.53. The van der Waals surface area contributed by atoms with Gasteiger partial charge in [-0.15, -0.1) is 0 Å². The van der Waals surface area contributed by atoms with Crippen LogP contribution >= 0.6 is 0 Å². The number of carbonyl (C=O) groups is 1. The summed E-state index contributed by atoms with van der Waals surface area (Å²) in [5.41, 5.74) is 4.63. The summed E-state index contributed by atoms with van der Waals surface area (Å²) >= 11 is 0. The van der Waals surface area contributed by atoms with Crippen molar-refractivity contribution in [1.29, 1.82) is 5.26 Å². The number of hydrogen-bond donors (Lipinski definition) is 1. The highest BCUT2D eigenvalue weighted by Gasteiger charge is 2.09. The van der Waals surface area contributed by atoms with Crippen LogP contribution in [-0.4, -0.2) is 13.0 Å². The van der Waals surface area contributed by atoms with E-state index < -0.39 is 0 Å². The van der Waals surface area contributed by atoms with Crippen LogP contribution in [0.1, 0.15) is 28.7 Å². The van der Waals surface area contributed by atoms with Gasteiger partial charge in [-0.2, -0.15) is 5.26 Å². The highest BCUT2D eigenvalue weighted by atomic mass is 16.5. The molecule has 0 aliphatic carbocycles. The second-order valence-corrected chi connectivity index (χ2v) is 6.55. The Morgan fingerprint density at radius 3 is 2.43 bits per heavy atom. The normalized spacial score (nSPS) is 10.1. The van der Waals surface area contributed by atoms with Crippen LogP contribution in [0.4, 0.5) is 5.69 Å². The van der Waals surface area contributed by atoms with Gasteiger partial charge in [0.2, 0.25) is 5.91 Å². The number of aryl methyl sites for hydroxylation is 1. The van der Waals surface area contributed by atoms with E-state index in [1.54, 1.807) is 19.2 Å². The molecule has 0 fully saturated rings. The summed E-state index contributed by atoms with van der Waals surface area (Å²) < 4.78 is 5.47. The first-order valence-corrected chi connectivity index (χ1v) is 9.17. The van der Waals surface area contributed by atoms with E-state index >= 15 is 0 Å². The predicted molar refractivity (Wildman–Crippen MR) is 110 cm³/mol. The maximum Gasteiger partial charge on any atom is 0.224 e. The minimum Gasteiger partial charge on any atom is -0.496 e. The maximum atomic E-state index is 12.3.